The van der Waals surface area contributed by atoms with Gasteiger partial charge in [-0.05, 0) is 31.2 Å². The van der Waals surface area contributed by atoms with Crippen LogP contribution in [0.4, 0.5) is 0 Å². The van der Waals surface area contributed by atoms with Gasteiger partial charge in [0, 0.05) is 21.5 Å². The van der Waals surface area contributed by atoms with Crippen LogP contribution in [0.3, 0.4) is 0 Å². The van der Waals surface area contributed by atoms with Gasteiger partial charge in [0.1, 0.15) is 0 Å². The zero-order valence-corrected chi connectivity index (χ0v) is 13.0. The third-order valence-corrected chi connectivity index (χ3v) is 4.62. The van der Waals surface area contributed by atoms with E-state index in [0.29, 0.717) is 6.54 Å². The lowest BCUT2D eigenvalue weighted by atomic mass is 10.1. The Morgan fingerprint density at radius 2 is 2.05 bits per heavy atom. The van der Waals surface area contributed by atoms with Gasteiger partial charge in [0.2, 0.25) is 0 Å². The number of rotatable bonds is 3. The molecule has 0 spiro atoms. The van der Waals surface area contributed by atoms with Crippen molar-refractivity contribution in [2.24, 2.45) is 5.73 Å². The second-order valence-electron chi connectivity index (χ2n) is 4.42. The highest BCUT2D eigenvalue weighted by Crippen LogP contribution is 2.32. The van der Waals surface area contributed by atoms with Crippen molar-refractivity contribution in [2.75, 3.05) is 6.54 Å². The second-order valence-corrected chi connectivity index (χ2v) is 6.52. The number of nitrogens with two attached hydrogens (primary N) is 1. The number of aromatic nitrogens is 2. The van der Waals surface area contributed by atoms with E-state index in [1.54, 1.807) is 11.3 Å². The Balaban J connectivity index is 2.23. The molecule has 2 heterocycles. The lowest BCUT2D eigenvalue weighted by molar-refractivity contribution is 0.910. The lowest BCUT2D eigenvalue weighted by Gasteiger charge is -2.05. The molecule has 1 aromatic carbocycles. The molecule has 0 radical (unpaired) electrons. The highest BCUT2D eigenvalue weighted by atomic mass is 79.9. The minimum absolute atomic E-state index is 0.641. The third-order valence-electron chi connectivity index (χ3n) is 3.12. The number of halogens is 1. The van der Waals surface area contributed by atoms with Gasteiger partial charge in [0.25, 0.3) is 0 Å². The lowest BCUT2D eigenvalue weighted by Crippen LogP contribution is -2.05. The van der Waals surface area contributed by atoms with Gasteiger partial charge in [-0.2, -0.15) is 0 Å². The van der Waals surface area contributed by atoms with Crippen molar-refractivity contribution < 1.29 is 0 Å². The molecule has 2 aromatic heterocycles. The molecule has 0 aliphatic rings. The fourth-order valence-corrected chi connectivity index (χ4v) is 3.54. The van der Waals surface area contributed by atoms with Gasteiger partial charge >= 0.3 is 0 Å². The SMILES string of the molecule is Cc1sc2ncc(CCN)n2c1-c1ccc(Br)cc1. The van der Waals surface area contributed by atoms with Crippen molar-refractivity contribution >= 4 is 32.2 Å². The van der Waals surface area contributed by atoms with E-state index in [-0.39, 0.29) is 0 Å². The number of hydrogen-bond acceptors (Lipinski definition) is 3. The van der Waals surface area contributed by atoms with Gasteiger partial charge in [-0.25, -0.2) is 4.98 Å². The number of hydrogen-bond donors (Lipinski definition) is 1. The van der Waals surface area contributed by atoms with E-state index in [1.165, 1.54) is 21.8 Å². The summed E-state index contributed by atoms with van der Waals surface area (Å²) >= 11 is 5.20. The number of benzene rings is 1. The molecule has 0 bridgehead atoms. The van der Waals surface area contributed by atoms with Crippen LogP contribution < -0.4 is 5.73 Å². The second kappa shape index (κ2) is 5.07. The van der Waals surface area contributed by atoms with Crippen molar-refractivity contribution in [3.05, 3.63) is 45.5 Å². The zero-order chi connectivity index (χ0) is 13.4. The summed E-state index contributed by atoms with van der Waals surface area (Å²) in [6.07, 6.45) is 2.78. The van der Waals surface area contributed by atoms with E-state index >= 15 is 0 Å². The highest BCUT2D eigenvalue weighted by molar-refractivity contribution is 9.10. The standard InChI is InChI=1S/C14H14BrN3S/c1-9-13(10-2-4-11(15)5-3-10)18-12(6-7-16)8-17-14(18)19-9/h2-5,8H,6-7,16H2,1H3. The summed E-state index contributed by atoms with van der Waals surface area (Å²) in [5, 5.41) is 0. The molecule has 0 fully saturated rings. The van der Waals surface area contributed by atoms with Crippen molar-refractivity contribution in [3.63, 3.8) is 0 Å². The molecule has 0 saturated carbocycles. The molecule has 0 aliphatic carbocycles. The molecule has 19 heavy (non-hydrogen) atoms. The fraction of sp³-hybridized carbons (Fsp3) is 0.214. The first-order valence-electron chi connectivity index (χ1n) is 6.12. The minimum Gasteiger partial charge on any atom is -0.330 e. The fourth-order valence-electron chi connectivity index (χ4n) is 2.29. The highest BCUT2D eigenvalue weighted by Gasteiger charge is 2.15. The Hall–Kier alpha value is -1.17. The van der Waals surface area contributed by atoms with Crippen LogP contribution in [0.25, 0.3) is 16.2 Å². The molecule has 0 amide bonds. The first kappa shape index (κ1) is 12.8. The molecular weight excluding hydrogens is 322 g/mol. The van der Waals surface area contributed by atoms with Gasteiger partial charge < -0.3 is 5.73 Å². The van der Waals surface area contributed by atoms with Gasteiger partial charge in [0.15, 0.2) is 4.96 Å². The maximum Gasteiger partial charge on any atom is 0.194 e. The Bertz CT molecular complexity index is 712. The van der Waals surface area contributed by atoms with Crippen molar-refractivity contribution in [1.82, 2.24) is 9.38 Å². The van der Waals surface area contributed by atoms with Crippen molar-refractivity contribution in [2.45, 2.75) is 13.3 Å². The predicted octanol–water partition coefficient (Wildman–Crippen LogP) is 3.63. The number of imidazole rings is 1. The Kier molecular flexibility index (Phi) is 3.43. The van der Waals surface area contributed by atoms with E-state index in [4.69, 9.17) is 5.73 Å². The summed E-state index contributed by atoms with van der Waals surface area (Å²) in [6.45, 7) is 2.78. The summed E-state index contributed by atoms with van der Waals surface area (Å²) in [7, 11) is 0. The van der Waals surface area contributed by atoms with Crippen LogP contribution in [0.5, 0.6) is 0 Å². The average Bonchev–Trinajstić information content (AvgIpc) is 2.91. The molecule has 0 unspecified atom stereocenters. The largest absolute Gasteiger partial charge is 0.330 e. The van der Waals surface area contributed by atoms with E-state index in [1.807, 2.05) is 6.20 Å². The zero-order valence-electron chi connectivity index (χ0n) is 10.6. The molecule has 3 aromatic rings. The molecule has 0 aliphatic heterocycles. The summed E-state index contributed by atoms with van der Waals surface area (Å²) in [6, 6.07) is 8.39. The Morgan fingerprint density at radius 1 is 1.32 bits per heavy atom. The van der Waals surface area contributed by atoms with E-state index in [9.17, 15) is 0 Å². The van der Waals surface area contributed by atoms with Crippen LogP contribution in [-0.4, -0.2) is 15.9 Å². The molecule has 2 N–H and O–H groups in total. The molecule has 98 valence electrons. The predicted molar refractivity (Wildman–Crippen MR) is 83.7 cm³/mol. The summed E-state index contributed by atoms with van der Waals surface area (Å²) in [4.78, 5) is 6.80. The number of aryl methyl sites for hydroxylation is 1. The van der Waals surface area contributed by atoms with Crippen LogP contribution in [0.1, 0.15) is 10.6 Å². The molecule has 3 nitrogen and oxygen atoms in total. The van der Waals surface area contributed by atoms with Gasteiger partial charge in [0.05, 0.1) is 11.9 Å². The van der Waals surface area contributed by atoms with Crippen LogP contribution in [0, 0.1) is 6.92 Å². The first-order valence-corrected chi connectivity index (χ1v) is 7.73. The molecule has 5 heteroatoms. The van der Waals surface area contributed by atoms with Crippen molar-refractivity contribution in [3.8, 4) is 11.3 Å². The number of thiazole rings is 1. The smallest absolute Gasteiger partial charge is 0.194 e. The Morgan fingerprint density at radius 3 is 2.74 bits per heavy atom. The summed E-state index contributed by atoms with van der Waals surface area (Å²) < 4.78 is 3.32. The average molecular weight is 336 g/mol. The minimum atomic E-state index is 0.641. The van der Waals surface area contributed by atoms with E-state index in [0.717, 1.165) is 15.9 Å². The van der Waals surface area contributed by atoms with Crippen LogP contribution in [0.2, 0.25) is 0 Å². The van der Waals surface area contributed by atoms with Gasteiger partial charge in [-0.1, -0.05) is 28.1 Å². The number of nitrogens with zero attached hydrogens (tertiary/aromatic N) is 2. The first-order chi connectivity index (χ1) is 9.20. The topological polar surface area (TPSA) is 43.3 Å². The maximum atomic E-state index is 5.68. The van der Waals surface area contributed by atoms with E-state index in [2.05, 4.69) is 56.5 Å². The van der Waals surface area contributed by atoms with Crippen LogP contribution in [0.15, 0.2) is 34.9 Å². The molecule has 3 rings (SSSR count). The summed E-state index contributed by atoms with van der Waals surface area (Å²) in [5.41, 5.74) is 9.30. The molecule has 0 atom stereocenters. The summed E-state index contributed by atoms with van der Waals surface area (Å²) in [5.74, 6) is 0. The van der Waals surface area contributed by atoms with Crippen molar-refractivity contribution in [1.29, 1.82) is 0 Å². The monoisotopic (exact) mass is 335 g/mol. The van der Waals surface area contributed by atoms with Gasteiger partial charge in [-0.15, -0.1) is 11.3 Å². The Labute approximate surface area is 124 Å². The number of fused-ring (bicyclic) bond motifs is 1. The van der Waals surface area contributed by atoms with Crippen LogP contribution >= 0.6 is 27.3 Å². The molecule has 0 saturated heterocycles. The quantitative estimate of drug-likeness (QED) is 0.794. The van der Waals surface area contributed by atoms with E-state index < -0.39 is 0 Å². The maximum absolute atomic E-state index is 5.68. The van der Waals surface area contributed by atoms with Crippen LogP contribution in [-0.2, 0) is 6.42 Å². The van der Waals surface area contributed by atoms with Gasteiger partial charge in [-0.3, -0.25) is 4.40 Å². The molecular formula is C14H14BrN3S. The normalized spacial score (nSPS) is 11.3. The third kappa shape index (κ3) is 2.22.